The molecule has 3 unspecified atom stereocenters. The number of piperidine rings is 1. The molecule has 4 heterocycles. The molecule has 2 aromatic heterocycles. The second-order valence-electron chi connectivity index (χ2n) is 12.7. The van der Waals surface area contributed by atoms with Crippen molar-refractivity contribution in [3.63, 3.8) is 0 Å². The summed E-state index contributed by atoms with van der Waals surface area (Å²) >= 11 is 0. The molecule has 11 nitrogen and oxygen atoms in total. The Hall–Kier alpha value is -3.77. The van der Waals surface area contributed by atoms with Crippen molar-refractivity contribution in [1.82, 2.24) is 29.9 Å². The smallest absolute Gasteiger partial charge is 0.252 e. The molecule has 44 heavy (non-hydrogen) atoms. The van der Waals surface area contributed by atoms with Crippen LogP contribution in [0, 0.1) is 18.8 Å². The quantitative estimate of drug-likeness (QED) is 0.311. The van der Waals surface area contributed by atoms with Crippen LogP contribution in [0.5, 0.6) is 0 Å². The standard InChI is InChI=1S/C32H41N7O4S/c1-5-6-32(7-8-32)44(42,43)39-19-21(3)28-25(29(40)34-18-26-20(2)13-22(4)37-30(26)41)14-23(15-27(28)39)24-16-35-31(36-17-24)38-11-9-33-10-12-38/h5,14-17,19-20,22,26,33H,1,6-13,18H2,2-4H3,(H,34,40)(H,37,41). The van der Waals surface area contributed by atoms with E-state index in [1.165, 1.54) is 3.97 Å². The average molecular weight is 620 g/mol. The zero-order chi connectivity index (χ0) is 31.2. The van der Waals surface area contributed by atoms with E-state index < -0.39 is 14.8 Å². The SMILES string of the molecule is C=CCC1(S(=O)(=O)n2cc(C)c3c(C(=O)NCC4C(=O)NC(C)CC4C)cc(-c4cnc(N5CCNCC5)nc4)cc32)CC1. The van der Waals surface area contributed by atoms with Crippen LogP contribution in [-0.2, 0) is 14.8 Å². The number of anilines is 1. The number of allylic oxidation sites excluding steroid dienone is 1. The Bertz CT molecular complexity index is 1710. The molecule has 2 amide bonds. The molecule has 3 atom stereocenters. The summed E-state index contributed by atoms with van der Waals surface area (Å²) in [6.07, 6.45) is 9.04. The number of benzene rings is 1. The Kier molecular flexibility index (Phi) is 8.00. The molecule has 1 aromatic carbocycles. The van der Waals surface area contributed by atoms with E-state index in [2.05, 4.69) is 37.4 Å². The molecule has 0 bridgehead atoms. The van der Waals surface area contributed by atoms with Crippen molar-refractivity contribution in [3.8, 4) is 11.1 Å². The van der Waals surface area contributed by atoms with Gasteiger partial charge in [0.2, 0.25) is 21.9 Å². The van der Waals surface area contributed by atoms with Crippen LogP contribution in [0.1, 0.15) is 55.5 Å². The number of carbonyl (C=O) groups excluding carboxylic acids is 2. The Balaban J connectivity index is 1.41. The zero-order valence-corrected chi connectivity index (χ0v) is 26.4. The molecular weight excluding hydrogens is 578 g/mol. The lowest BCUT2D eigenvalue weighted by molar-refractivity contribution is -0.129. The number of piperazine rings is 1. The summed E-state index contributed by atoms with van der Waals surface area (Å²) in [5, 5.41) is 9.86. The van der Waals surface area contributed by atoms with Gasteiger partial charge in [0, 0.05) is 73.9 Å². The van der Waals surface area contributed by atoms with Crippen molar-refractivity contribution >= 4 is 38.7 Å². The number of amides is 2. The monoisotopic (exact) mass is 619 g/mol. The molecule has 1 saturated carbocycles. The van der Waals surface area contributed by atoms with Crippen LogP contribution in [0.15, 0.2) is 43.4 Å². The van der Waals surface area contributed by atoms with Crippen LogP contribution in [0.4, 0.5) is 5.95 Å². The van der Waals surface area contributed by atoms with Crippen molar-refractivity contribution in [2.75, 3.05) is 37.6 Å². The zero-order valence-electron chi connectivity index (χ0n) is 25.6. The van der Waals surface area contributed by atoms with Gasteiger partial charge in [-0.05, 0) is 68.7 Å². The van der Waals surface area contributed by atoms with Crippen LogP contribution in [0.2, 0.25) is 0 Å². The third-order valence-corrected chi connectivity index (χ3v) is 11.9. The van der Waals surface area contributed by atoms with Crippen molar-refractivity contribution in [2.45, 2.75) is 57.2 Å². The Morgan fingerprint density at radius 1 is 1.16 bits per heavy atom. The van der Waals surface area contributed by atoms with E-state index in [0.717, 1.165) is 32.6 Å². The lowest BCUT2D eigenvalue weighted by atomic mass is 9.84. The van der Waals surface area contributed by atoms with E-state index in [-0.39, 0.29) is 36.2 Å². The summed E-state index contributed by atoms with van der Waals surface area (Å²) < 4.78 is 28.6. The van der Waals surface area contributed by atoms with Crippen LogP contribution in [0.3, 0.4) is 0 Å². The van der Waals surface area contributed by atoms with Crippen molar-refractivity contribution in [1.29, 1.82) is 0 Å². The van der Waals surface area contributed by atoms with Gasteiger partial charge in [0.05, 0.1) is 16.2 Å². The largest absolute Gasteiger partial charge is 0.353 e. The molecule has 6 rings (SSSR count). The average Bonchev–Trinajstić information content (AvgIpc) is 3.73. The second kappa shape index (κ2) is 11.6. The summed E-state index contributed by atoms with van der Waals surface area (Å²) in [5.74, 6) is -0.0315. The maximum Gasteiger partial charge on any atom is 0.252 e. The maximum absolute atomic E-state index is 14.0. The first-order valence-corrected chi connectivity index (χ1v) is 16.9. The van der Waals surface area contributed by atoms with Gasteiger partial charge in [-0.25, -0.2) is 22.4 Å². The minimum absolute atomic E-state index is 0.0671. The number of aryl methyl sites for hydroxylation is 1. The van der Waals surface area contributed by atoms with Crippen LogP contribution < -0.4 is 20.9 Å². The van der Waals surface area contributed by atoms with Crippen LogP contribution in [0.25, 0.3) is 22.0 Å². The predicted octanol–water partition coefficient (Wildman–Crippen LogP) is 2.99. The molecule has 3 aromatic rings. The highest BCUT2D eigenvalue weighted by Crippen LogP contribution is 2.49. The van der Waals surface area contributed by atoms with Gasteiger partial charge in [-0.1, -0.05) is 13.0 Å². The number of hydrogen-bond acceptors (Lipinski definition) is 8. The molecule has 0 spiro atoms. The summed E-state index contributed by atoms with van der Waals surface area (Å²) in [7, 11) is -3.79. The first-order valence-electron chi connectivity index (χ1n) is 15.4. The summed E-state index contributed by atoms with van der Waals surface area (Å²) in [5.41, 5.74) is 2.77. The van der Waals surface area contributed by atoms with Gasteiger partial charge >= 0.3 is 0 Å². The van der Waals surface area contributed by atoms with Crippen LogP contribution >= 0.6 is 0 Å². The minimum atomic E-state index is -3.79. The number of nitrogens with zero attached hydrogens (tertiary/aromatic N) is 4. The predicted molar refractivity (Wildman–Crippen MR) is 171 cm³/mol. The molecule has 234 valence electrons. The lowest BCUT2D eigenvalue weighted by Gasteiger charge is -2.32. The summed E-state index contributed by atoms with van der Waals surface area (Å²) in [6.45, 7) is 13.1. The first kappa shape index (κ1) is 30.3. The Labute approximate surface area is 258 Å². The fourth-order valence-corrected chi connectivity index (χ4v) is 8.79. The maximum atomic E-state index is 14.0. The van der Waals surface area contributed by atoms with Crippen LogP contribution in [-0.4, -0.2) is 77.7 Å². The summed E-state index contributed by atoms with van der Waals surface area (Å²) in [6, 6.07) is 3.68. The Morgan fingerprint density at radius 3 is 2.50 bits per heavy atom. The molecule has 3 fully saturated rings. The van der Waals surface area contributed by atoms with Gasteiger partial charge in [0.15, 0.2) is 0 Å². The van der Waals surface area contributed by atoms with E-state index >= 15 is 0 Å². The topological polar surface area (TPSA) is 138 Å². The lowest BCUT2D eigenvalue weighted by Crippen LogP contribution is -2.50. The third kappa shape index (κ3) is 5.38. The highest BCUT2D eigenvalue weighted by Gasteiger charge is 2.54. The fourth-order valence-electron chi connectivity index (χ4n) is 6.73. The molecule has 12 heteroatoms. The fraction of sp³-hybridized carbons (Fsp3) is 0.500. The second-order valence-corrected chi connectivity index (χ2v) is 14.9. The highest BCUT2D eigenvalue weighted by atomic mass is 32.2. The molecule has 0 radical (unpaired) electrons. The number of rotatable bonds is 9. The number of carbonyl (C=O) groups is 2. The normalized spacial score (nSPS) is 23.3. The van der Waals surface area contributed by atoms with E-state index in [0.29, 0.717) is 58.4 Å². The minimum Gasteiger partial charge on any atom is -0.353 e. The van der Waals surface area contributed by atoms with Crippen molar-refractivity contribution < 1.29 is 18.0 Å². The molecule has 1 aliphatic carbocycles. The van der Waals surface area contributed by atoms with E-state index in [9.17, 15) is 18.0 Å². The number of aromatic nitrogens is 3. The molecule has 2 saturated heterocycles. The molecule has 3 N–H and O–H groups in total. The first-order chi connectivity index (χ1) is 21.0. The van der Waals surface area contributed by atoms with Crippen molar-refractivity contribution in [2.24, 2.45) is 11.8 Å². The molecule has 2 aliphatic heterocycles. The van der Waals surface area contributed by atoms with Gasteiger partial charge in [0.25, 0.3) is 5.91 Å². The van der Waals surface area contributed by atoms with E-state index in [1.54, 1.807) is 30.7 Å². The van der Waals surface area contributed by atoms with Gasteiger partial charge < -0.3 is 20.9 Å². The molecular formula is C32H41N7O4S. The number of nitrogens with one attached hydrogen (secondary N) is 3. The van der Waals surface area contributed by atoms with Crippen molar-refractivity contribution in [3.05, 3.63) is 54.5 Å². The van der Waals surface area contributed by atoms with Gasteiger partial charge in [-0.2, -0.15) is 0 Å². The number of hydrogen-bond donors (Lipinski definition) is 3. The summed E-state index contributed by atoms with van der Waals surface area (Å²) in [4.78, 5) is 37.9. The van der Waals surface area contributed by atoms with Gasteiger partial charge in [-0.3, -0.25) is 9.59 Å². The van der Waals surface area contributed by atoms with E-state index in [4.69, 9.17) is 0 Å². The Morgan fingerprint density at radius 2 is 1.86 bits per heavy atom. The number of fused-ring (bicyclic) bond motifs is 1. The van der Waals surface area contributed by atoms with Gasteiger partial charge in [0.1, 0.15) is 0 Å². The van der Waals surface area contributed by atoms with E-state index in [1.807, 2.05) is 26.8 Å². The molecule has 3 aliphatic rings. The highest BCUT2D eigenvalue weighted by molar-refractivity contribution is 7.91. The van der Waals surface area contributed by atoms with Gasteiger partial charge in [-0.15, -0.1) is 6.58 Å². The third-order valence-electron chi connectivity index (χ3n) is 9.43.